The van der Waals surface area contributed by atoms with Crippen LogP contribution in [0.4, 0.5) is 0 Å². The molecule has 2 atom stereocenters. The molecule has 0 bridgehead atoms. The molecule has 0 saturated heterocycles. The summed E-state index contributed by atoms with van der Waals surface area (Å²) in [4.78, 5) is 29.5. The van der Waals surface area contributed by atoms with Crippen molar-refractivity contribution in [1.29, 1.82) is 0 Å². The van der Waals surface area contributed by atoms with Crippen LogP contribution in [0.5, 0.6) is 0 Å². The van der Waals surface area contributed by atoms with Gasteiger partial charge in [-0.25, -0.2) is 9.67 Å². The molecule has 3 aromatic rings. The maximum Gasteiger partial charge on any atom is 0.271 e. The van der Waals surface area contributed by atoms with E-state index in [9.17, 15) is 9.59 Å². The minimum atomic E-state index is -1.18. The highest BCUT2D eigenvalue weighted by Gasteiger charge is 2.61. The van der Waals surface area contributed by atoms with E-state index in [1.54, 1.807) is 30.5 Å². The molecule has 1 saturated carbocycles. The molecule has 1 fully saturated rings. The number of hydrogen-bond donors (Lipinski definition) is 2. The lowest BCUT2D eigenvalue weighted by molar-refractivity contribution is -0.120. The lowest BCUT2D eigenvalue weighted by Crippen LogP contribution is -2.48. The van der Waals surface area contributed by atoms with Crippen molar-refractivity contribution in [2.24, 2.45) is 5.73 Å². The molecule has 1 aliphatic carbocycles. The van der Waals surface area contributed by atoms with E-state index in [0.29, 0.717) is 26.9 Å². The number of pyridine rings is 1. The Balaban J connectivity index is 1.65. The molecule has 0 radical (unpaired) electrons. The van der Waals surface area contributed by atoms with Gasteiger partial charge in [-0.05, 0) is 52.2 Å². The smallest absolute Gasteiger partial charge is 0.271 e. The van der Waals surface area contributed by atoms with Gasteiger partial charge >= 0.3 is 0 Å². The highest BCUT2D eigenvalue weighted by Crippen LogP contribution is 2.51. The van der Waals surface area contributed by atoms with E-state index in [-0.39, 0.29) is 11.6 Å². The average Bonchev–Trinajstić information content (AvgIpc) is 3.28. The minimum absolute atomic E-state index is 0.167. The van der Waals surface area contributed by atoms with Crippen LogP contribution < -0.4 is 11.1 Å². The van der Waals surface area contributed by atoms with Gasteiger partial charge in [0.1, 0.15) is 15.8 Å². The number of nitrogens with one attached hydrogen (secondary N) is 1. The molecule has 2 aromatic heterocycles. The van der Waals surface area contributed by atoms with E-state index in [1.165, 1.54) is 10.7 Å². The predicted octanol–water partition coefficient (Wildman–Crippen LogP) is 3.48. The second-order valence-corrected chi connectivity index (χ2v) is 8.33. The van der Waals surface area contributed by atoms with Gasteiger partial charge in [0.25, 0.3) is 5.91 Å². The van der Waals surface area contributed by atoms with Crippen LogP contribution in [0.25, 0.3) is 5.82 Å². The number of aromatic nitrogens is 3. The van der Waals surface area contributed by atoms with Crippen LogP contribution in [0.3, 0.4) is 0 Å². The number of nitrogens with zero attached hydrogens (tertiary/aromatic N) is 3. The summed E-state index contributed by atoms with van der Waals surface area (Å²) in [5.41, 5.74) is 5.51. The third kappa shape index (κ3) is 3.63. The topological polar surface area (TPSA) is 103 Å². The van der Waals surface area contributed by atoms with Crippen LogP contribution in [-0.2, 0) is 4.79 Å². The Morgan fingerprint density at radius 2 is 1.97 bits per heavy atom. The monoisotopic (exact) mass is 493 g/mol. The molecule has 148 valence electrons. The number of hydrogen-bond acceptors (Lipinski definition) is 4. The zero-order valence-electron chi connectivity index (χ0n) is 14.8. The number of carbonyl (C=O) groups excluding carboxylic acids is 2. The zero-order chi connectivity index (χ0) is 20.8. The molecule has 0 spiro atoms. The van der Waals surface area contributed by atoms with E-state index in [4.69, 9.17) is 28.9 Å². The predicted molar refractivity (Wildman–Crippen MR) is 112 cm³/mol. The Hall–Kier alpha value is -2.42. The highest BCUT2D eigenvalue weighted by atomic mass is 79.9. The molecule has 2 amide bonds. The van der Waals surface area contributed by atoms with E-state index in [1.807, 2.05) is 12.1 Å². The number of nitrogens with two attached hydrogens (primary N) is 1. The van der Waals surface area contributed by atoms with Crippen LogP contribution in [0, 0.1) is 0 Å². The SMILES string of the molecule is NC(=O)C1(NC(=O)c2cc(Br)nn2-c2ncccc2Cl)CC1c1ccc(Cl)cc1. The third-order valence-electron chi connectivity index (χ3n) is 4.86. The molecule has 1 aliphatic rings. The molecule has 1 aromatic carbocycles. The van der Waals surface area contributed by atoms with Crippen molar-refractivity contribution in [1.82, 2.24) is 20.1 Å². The van der Waals surface area contributed by atoms with Crippen LogP contribution >= 0.6 is 39.1 Å². The van der Waals surface area contributed by atoms with Gasteiger partial charge in [0.05, 0.1) is 5.02 Å². The van der Waals surface area contributed by atoms with Gasteiger partial charge in [-0.15, -0.1) is 0 Å². The maximum atomic E-state index is 13.1. The van der Waals surface area contributed by atoms with Crippen LogP contribution in [0.1, 0.15) is 28.4 Å². The summed E-state index contributed by atoms with van der Waals surface area (Å²) in [6.45, 7) is 0. The van der Waals surface area contributed by atoms with E-state index in [0.717, 1.165) is 5.56 Å². The standard InChI is InChI=1S/C19H14BrCl2N5O2/c20-15-8-14(27(26-15)16-13(22)2-1-7-24-16)17(28)25-19(18(23)29)9-12(19)10-3-5-11(21)6-4-10/h1-8,12H,9H2,(H2,23,29)(H,25,28). The maximum absolute atomic E-state index is 13.1. The molecule has 2 heterocycles. The summed E-state index contributed by atoms with van der Waals surface area (Å²) in [5, 5.41) is 7.94. The Kier molecular flexibility index (Phi) is 5.10. The Morgan fingerprint density at radius 1 is 1.24 bits per heavy atom. The minimum Gasteiger partial charge on any atom is -0.368 e. The first-order chi connectivity index (χ1) is 13.8. The normalized spacial score (nSPS) is 20.3. The Bertz CT molecular complexity index is 1120. The average molecular weight is 495 g/mol. The number of benzene rings is 1. The number of rotatable bonds is 5. The van der Waals surface area contributed by atoms with E-state index in [2.05, 4.69) is 31.3 Å². The van der Waals surface area contributed by atoms with Crippen molar-refractivity contribution in [2.75, 3.05) is 0 Å². The fourth-order valence-corrected chi connectivity index (χ4v) is 4.01. The van der Waals surface area contributed by atoms with Crippen LogP contribution in [-0.4, -0.2) is 32.1 Å². The van der Waals surface area contributed by atoms with E-state index < -0.39 is 17.4 Å². The summed E-state index contributed by atoms with van der Waals surface area (Å²) in [5.74, 6) is -1.06. The number of halogens is 3. The van der Waals surface area contributed by atoms with Crippen molar-refractivity contribution >= 4 is 50.9 Å². The molecular formula is C19H14BrCl2N5O2. The molecule has 29 heavy (non-hydrogen) atoms. The number of amides is 2. The van der Waals surface area contributed by atoms with Crippen molar-refractivity contribution < 1.29 is 9.59 Å². The first-order valence-electron chi connectivity index (χ1n) is 8.56. The van der Waals surface area contributed by atoms with Gasteiger partial charge in [-0.1, -0.05) is 35.3 Å². The summed E-state index contributed by atoms with van der Waals surface area (Å²) < 4.78 is 1.73. The summed E-state index contributed by atoms with van der Waals surface area (Å²) in [7, 11) is 0. The molecule has 0 aliphatic heterocycles. The second kappa shape index (κ2) is 7.44. The Labute approximate surface area is 184 Å². The lowest BCUT2D eigenvalue weighted by Gasteiger charge is -2.17. The van der Waals surface area contributed by atoms with Gasteiger partial charge < -0.3 is 11.1 Å². The number of primary amides is 1. The Morgan fingerprint density at radius 3 is 2.62 bits per heavy atom. The highest BCUT2D eigenvalue weighted by molar-refractivity contribution is 9.10. The summed E-state index contributed by atoms with van der Waals surface area (Å²) in [6.07, 6.45) is 1.94. The van der Waals surface area contributed by atoms with Crippen molar-refractivity contribution in [3.63, 3.8) is 0 Å². The van der Waals surface area contributed by atoms with Crippen molar-refractivity contribution in [3.05, 3.63) is 74.6 Å². The van der Waals surface area contributed by atoms with Crippen LogP contribution in [0.2, 0.25) is 10.0 Å². The summed E-state index contributed by atoms with van der Waals surface area (Å²) in [6, 6.07) is 11.9. The zero-order valence-corrected chi connectivity index (χ0v) is 17.9. The van der Waals surface area contributed by atoms with Gasteiger partial charge in [-0.3, -0.25) is 9.59 Å². The van der Waals surface area contributed by atoms with Gasteiger partial charge in [-0.2, -0.15) is 5.10 Å². The molecule has 4 rings (SSSR count). The largest absolute Gasteiger partial charge is 0.368 e. The lowest BCUT2D eigenvalue weighted by atomic mass is 10.1. The molecule has 3 N–H and O–H groups in total. The molecule has 7 nitrogen and oxygen atoms in total. The summed E-state index contributed by atoms with van der Waals surface area (Å²) >= 11 is 15.4. The third-order valence-corrected chi connectivity index (χ3v) is 5.80. The van der Waals surface area contributed by atoms with Crippen molar-refractivity contribution in [3.8, 4) is 5.82 Å². The quantitative estimate of drug-likeness (QED) is 0.566. The van der Waals surface area contributed by atoms with Gasteiger partial charge in [0.15, 0.2) is 5.82 Å². The van der Waals surface area contributed by atoms with Crippen molar-refractivity contribution in [2.45, 2.75) is 17.9 Å². The van der Waals surface area contributed by atoms with E-state index >= 15 is 0 Å². The molecule has 10 heteroatoms. The second-order valence-electron chi connectivity index (χ2n) is 6.67. The van der Waals surface area contributed by atoms with Crippen LogP contribution in [0.15, 0.2) is 53.3 Å². The first kappa shape index (κ1) is 19.9. The fraction of sp³-hybridized carbons (Fsp3) is 0.158. The fourth-order valence-electron chi connectivity index (χ4n) is 3.31. The van der Waals surface area contributed by atoms with Gasteiger partial charge in [0, 0.05) is 23.2 Å². The molecular weight excluding hydrogens is 481 g/mol. The van der Waals surface area contributed by atoms with Gasteiger partial charge in [0.2, 0.25) is 5.91 Å². The molecule has 2 unspecified atom stereocenters. The number of carbonyl (C=O) groups is 2. The first-order valence-corrected chi connectivity index (χ1v) is 10.1.